The molecule has 0 aliphatic carbocycles. The van der Waals surface area contributed by atoms with E-state index in [1.807, 2.05) is 6.92 Å². The summed E-state index contributed by atoms with van der Waals surface area (Å²) in [6.45, 7) is 9.56. The van der Waals surface area contributed by atoms with Crippen molar-refractivity contribution < 1.29 is 9.53 Å². The molecule has 1 spiro atoms. The SMILES string of the molecule is CC(=O)NC(C)C1OC2(CCNCC2)c2nc(C)c(C)cc21. The van der Waals surface area contributed by atoms with Gasteiger partial charge in [0.25, 0.3) is 0 Å². The van der Waals surface area contributed by atoms with Crippen LogP contribution in [-0.4, -0.2) is 30.0 Å². The molecule has 2 unspecified atom stereocenters. The first kappa shape index (κ1) is 15.4. The fraction of sp³-hybridized carbons (Fsp3) is 0.647. The largest absolute Gasteiger partial charge is 0.358 e. The Hall–Kier alpha value is -1.46. The van der Waals surface area contributed by atoms with Crippen LogP contribution in [0, 0.1) is 13.8 Å². The minimum Gasteiger partial charge on any atom is -0.358 e. The molecule has 1 saturated heterocycles. The van der Waals surface area contributed by atoms with Crippen LogP contribution in [0.4, 0.5) is 0 Å². The number of aryl methyl sites for hydroxylation is 2. The molecule has 0 bridgehead atoms. The molecule has 120 valence electrons. The number of rotatable bonds is 2. The lowest BCUT2D eigenvalue weighted by molar-refractivity contribution is -0.126. The number of nitrogens with zero attached hydrogens (tertiary/aromatic N) is 1. The van der Waals surface area contributed by atoms with Gasteiger partial charge in [0.2, 0.25) is 5.91 Å². The third-order valence-corrected chi connectivity index (χ3v) is 4.88. The van der Waals surface area contributed by atoms with Crippen molar-refractivity contribution in [2.24, 2.45) is 0 Å². The average molecular weight is 303 g/mol. The number of ether oxygens (including phenoxy) is 1. The Bertz CT molecular complexity index is 594. The van der Waals surface area contributed by atoms with Crippen LogP contribution in [0.2, 0.25) is 0 Å². The van der Waals surface area contributed by atoms with E-state index in [1.54, 1.807) is 6.92 Å². The molecule has 2 aliphatic rings. The summed E-state index contributed by atoms with van der Waals surface area (Å²) in [6, 6.07) is 2.13. The molecule has 2 atom stereocenters. The molecule has 1 amide bonds. The third kappa shape index (κ3) is 2.52. The lowest BCUT2D eigenvalue weighted by Crippen LogP contribution is -2.42. The topological polar surface area (TPSA) is 63.2 Å². The lowest BCUT2D eigenvalue weighted by Gasteiger charge is -2.34. The average Bonchev–Trinajstić information content (AvgIpc) is 2.74. The molecule has 1 fully saturated rings. The Labute approximate surface area is 131 Å². The standard InChI is InChI=1S/C17H25N3O2/c1-10-9-14-15(12(3)19-13(4)21)22-17(5-7-18-8-6-17)16(14)20-11(10)2/h9,12,15,18H,5-8H2,1-4H3,(H,19,21). The Kier molecular flexibility index (Phi) is 3.95. The van der Waals surface area contributed by atoms with E-state index in [0.29, 0.717) is 0 Å². The summed E-state index contributed by atoms with van der Waals surface area (Å²) in [5, 5.41) is 6.37. The van der Waals surface area contributed by atoms with Crippen molar-refractivity contribution in [2.75, 3.05) is 13.1 Å². The summed E-state index contributed by atoms with van der Waals surface area (Å²) in [5.74, 6) is -0.0271. The molecule has 22 heavy (non-hydrogen) atoms. The highest BCUT2D eigenvalue weighted by Crippen LogP contribution is 2.49. The van der Waals surface area contributed by atoms with Gasteiger partial charge >= 0.3 is 0 Å². The second-order valence-electron chi connectivity index (χ2n) is 6.60. The maximum atomic E-state index is 11.4. The van der Waals surface area contributed by atoms with Gasteiger partial charge in [-0.25, -0.2) is 0 Å². The second-order valence-corrected chi connectivity index (χ2v) is 6.60. The number of carbonyl (C=O) groups is 1. The van der Waals surface area contributed by atoms with Crippen molar-refractivity contribution in [2.45, 2.75) is 58.3 Å². The Morgan fingerprint density at radius 1 is 1.45 bits per heavy atom. The summed E-state index contributed by atoms with van der Waals surface area (Å²) in [4.78, 5) is 16.3. The highest BCUT2D eigenvalue weighted by atomic mass is 16.5. The van der Waals surface area contributed by atoms with Gasteiger partial charge < -0.3 is 15.4 Å². The Morgan fingerprint density at radius 2 is 2.14 bits per heavy atom. The van der Waals surface area contributed by atoms with E-state index in [1.165, 1.54) is 5.56 Å². The predicted molar refractivity (Wildman–Crippen MR) is 84.6 cm³/mol. The predicted octanol–water partition coefficient (Wildman–Crippen LogP) is 1.87. The van der Waals surface area contributed by atoms with Crippen molar-refractivity contribution in [3.63, 3.8) is 0 Å². The number of hydrogen-bond donors (Lipinski definition) is 2. The van der Waals surface area contributed by atoms with Gasteiger partial charge in [-0.2, -0.15) is 0 Å². The lowest BCUT2D eigenvalue weighted by atomic mass is 9.87. The molecule has 3 heterocycles. The number of hydrogen-bond acceptors (Lipinski definition) is 4. The number of piperidine rings is 1. The minimum atomic E-state index is -0.295. The van der Waals surface area contributed by atoms with Crippen molar-refractivity contribution in [3.8, 4) is 0 Å². The highest BCUT2D eigenvalue weighted by molar-refractivity contribution is 5.73. The number of aromatic nitrogens is 1. The second kappa shape index (κ2) is 5.63. The van der Waals surface area contributed by atoms with Gasteiger partial charge in [-0.05, 0) is 58.3 Å². The van der Waals surface area contributed by atoms with Crippen LogP contribution in [0.15, 0.2) is 6.07 Å². The molecule has 0 aromatic carbocycles. The maximum Gasteiger partial charge on any atom is 0.217 e. The van der Waals surface area contributed by atoms with E-state index in [9.17, 15) is 4.79 Å². The Morgan fingerprint density at radius 3 is 2.77 bits per heavy atom. The number of nitrogens with one attached hydrogen (secondary N) is 2. The number of carbonyl (C=O) groups excluding carboxylic acids is 1. The van der Waals surface area contributed by atoms with E-state index >= 15 is 0 Å². The molecule has 0 saturated carbocycles. The van der Waals surface area contributed by atoms with Crippen LogP contribution in [0.25, 0.3) is 0 Å². The minimum absolute atomic E-state index is 0.0271. The number of amides is 1. The molecule has 1 aromatic heterocycles. The summed E-state index contributed by atoms with van der Waals surface area (Å²) in [6.07, 6.45) is 1.74. The highest BCUT2D eigenvalue weighted by Gasteiger charge is 2.48. The van der Waals surface area contributed by atoms with Crippen LogP contribution >= 0.6 is 0 Å². The van der Waals surface area contributed by atoms with Crippen LogP contribution in [0.5, 0.6) is 0 Å². The van der Waals surface area contributed by atoms with Gasteiger partial charge in [0.1, 0.15) is 11.7 Å². The normalized spacial score (nSPS) is 24.1. The molecule has 1 aromatic rings. The molecule has 5 heteroatoms. The summed E-state index contributed by atoms with van der Waals surface area (Å²) in [7, 11) is 0. The molecule has 2 aliphatic heterocycles. The Balaban J connectivity index is 2.03. The van der Waals surface area contributed by atoms with Crippen LogP contribution in [-0.2, 0) is 15.1 Å². The number of fused-ring (bicyclic) bond motifs is 2. The van der Waals surface area contributed by atoms with Gasteiger partial charge in [0.05, 0.1) is 11.7 Å². The molecular weight excluding hydrogens is 278 g/mol. The molecule has 2 N–H and O–H groups in total. The first-order valence-corrected chi connectivity index (χ1v) is 8.07. The summed E-state index contributed by atoms with van der Waals surface area (Å²) < 4.78 is 6.52. The van der Waals surface area contributed by atoms with E-state index in [-0.39, 0.29) is 23.7 Å². The fourth-order valence-corrected chi connectivity index (χ4v) is 3.62. The van der Waals surface area contributed by atoms with Crippen molar-refractivity contribution >= 4 is 5.91 Å². The van der Waals surface area contributed by atoms with E-state index in [4.69, 9.17) is 9.72 Å². The van der Waals surface area contributed by atoms with Crippen LogP contribution in [0.3, 0.4) is 0 Å². The zero-order chi connectivity index (χ0) is 15.9. The summed E-state index contributed by atoms with van der Waals surface area (Å²) >= 11 is 0. The van der Waals surface area contributed by atoms with Gasteiger partial charge in [-0.3, -0.25) is 9.78 Å². The summed E-state index contributed by atoms with van der Waals surface area (Å²) in [5.41, 5.74) is 4.17. The molecule has 0 radical (unpaired) electrons. The molecule has 5 nitrogen and oxygen atoms in total. The van der Waals surface area contributed by atoms with Crippen molar-refractivity contribution in [1.82, 2.24) is 15.6 Å². The van der Waals surface area contributed by atoms with E-state index in [0.717, 1.165) is 42.9 Å². The zero-order valence-electron chi connectivity index (χ0n) is 13.8. The fourth-order valence-electron chi connectivity index (χ4n) is 3.62. The van der Waals surface area contributed by atoms with Gasteiger partial charge in [-0.1, -0.05) is 0 Å². The quantitative estimate of drug-likeness (QED) is 0.875. The first-order valence-electron chi connectivity index (χ1n) is 8.07. The molecule has 3 rings (SSSR count). The van der Waals surface area contributed by atoms with Crippen LogP contribution < -0.4 is 10.6 Å². The van der Waals surface area contributed by atoms with E-state index < -0.39 is 0 Å². The van der Waals surface area contributed by atoms with Gasteiger partial charge in [-0.15, -0.1) is 0 Å². The van der Waals surface area contributed by atoms with Gasteiger partial charge in [0.15, 0.2) is 0 Å². The van der Waals surface area contributed by atoms with Crippen LogP contribution in [0.1, 0.15) is 55.3 Å². The van der Waals surface area contributed by atoms with Crippen molar-refractivity contribution in [3.05, 3.63) is 28.6 Å². The van der Waals surface area contributed by atoms with Crippen molar-refractivity contribution in [1.29, 1.82) is 0 Å². The maximum absolute atomic E-state index is 11.4. The van der Waals surface area contributed by atoms with E-state index in [2.05, 4.69) is 30.5 Å². The molecular formula is C17H25N3O2. The monoisotopic (exact) mass is 303 g/mol. The zero-order valence-corrected chi connectivity index (χ0v) is 13.8. The van der Waals surface area contributed by atoms with Gasteiger partial charge in [0, 0.05) is 18.2 Å². The number of pyridine rings is 1. The third-order valence-electron chi connectivity index (χ3n) is 4.88. The first-order chi connectivity index (χ1) is 10.4. The smallest absolute Gasteiger partial charge is 0.217 e.